The molecule has 1 unspecified atom stereocenters. The molecule has 2 nitrogen and oxygen atoms in total. The highest BCUT2D eigenvalue weighted by Gasteiger charge is 2.29. The molecular weight excluding hydrogens is 170 g/mol. The third-order valence-electron chi connectivity index (χ3n) is 1.86. The molecule has 1 rings (SSSR count). The number of thiol groups is 1. The minimum Gasteiger partial charge on any atom is -0.341 e. The van der Waals surface area contributed by atoms with E-state index in [1.807, 2.05) is 4.90 Å². The number of rotatable bonds is 1. The number of carbonyl (C=O) groups excluding carboxylic acids is 1. The monoisotopic (exact) mass is 187 g/mol. The van der Waals surface area contributed by atoms with Crippen LogP contribution in [0.1, 0.15) is 27.2 Å². The standard InChI is InChI=1S/C9H17NOS/c1-9(2,3)6-10-5-7(12)4-8(10)11/h7,12H,4-6H2,1-3H3. The smallest absolute Gasteiger partial charge is 0.223 e. The van der Waals surface area contributed by atoms with Crippen molar-refractivity contribution >= 4 is 18.5 Å². The van der Waals surface area contributed by atoms with Crippen molar-refractivity contribution in [2.75, 3.05) is 13.1 Å². The highest BCUT2D eigenvalue weighted by atomic mass is 32.1. The zero-order valence-corrected chi connectivity index (χ0v) is 8.90. The normalized spacial score (nSPS) is 25.2. The molecule has 1 aliphatic rings. The van der Waals surface area contributed by atoms with Crippen molar-refractivity contribution in [2.24, 2.45) is 5.41 Å². The molecule has 1 saturated heterocycles. The van der Waals surface area contributed by atoms with Gasteiger partial charge in [0.2, 0.25) is 5.91 Å². The number of likely N-dealkylation sites (tertiary alicyclic amines) is 1. The Bertz CT molecular complexity index is 185. The Balaban J connectivity index is 2.49. The van der Waals surface area contributed by atoms with Gasteiger partial charge < -0.3 is 4.90 Å². The van der Waals surface area contributed by atoms with Crippen LogP contribution in [0.3, 0.4) is 0 Å². The molecule has 12 heavy (non-hydrogen) atoms. The van der Waals surface area contributed by atoms with Crippen molar-refractivity contribution in [3.8, 4) is 0 Å². The molecule has 3 heteroatoms. The van der Waals surface area contributed by atoms with Crippen LogP contribution in [-0.4, -0.2) is 29.1 Å². The Hall–Kier alpha value is -0.180. The average molecular weight is 187 g/mol. The summed E-state index contributed by atoms with van der Waals surface area (Å²) in [6.45, 7) is 8.10. The van der Waals surface area contributed by atoms with E-state index in [-0.39, 0.29) is 16.6 Å². The third kappa shape index (κ3) is 2.70. The van der Waals surface area contributed by atoms with E-state index in [2.05, 4.69) is 33.4 Å². The lowest BCUT2D eigenvalue weighted by Gasteiger charge is -2.26. The van der Waals surface area contributed by atoms with Crippen LogP contribution >= 0.6 is 12.6 Å². The maximum Gasteiger partial charge on any atom is 0.223 e. The van der Waals surface area contributed by atoms with E-state index in [1.54, 1.807) is 0 Å². The maximum absolute atomic E-state index is 11.3. The highest BCUT2D eigenvalue weighted by molar-refractivity contribution is 7.81. The summed E-state index contributed by atoms with van der Waals surface area (Å²) in [6.07, 6.45) is 0.610. The number of amides is 1. The summed E-state index contributed by atoms with van der Waals surface area (Å²) >= 11 is 4.30. The number of carbonyl (C=O) groups is 1. The zero-order valence-electron chi connectivity index (χ0n) is 8.00. The predicted molar refractivity (Wildman–Crippen MR) is 53.4 cm³/mol. The third-order valence-corrected chi connectivity index (χ3v) is 2.21. The molecule has 0 radical (unpaired) electrons. The van der Waals surface area contributed by atoms with Crippen LogP contribution in [0, 0.1) is 5.41 Å². The Labute approximate surface area is 79.7 Å². The lowest BCUT2D eigenvalue weighted by molar-refractivity contribution is -0.128. The van der Waals surface area contributed by atoms with Gasteiger partial charge in [0.25, 0.3) is 0 Å². The van der Waals surface area contributed by atoms with Gasteiger partial charge in [-0.2, -0.15) is 12.6 Å². The van der Waals surface area contributed by atoms with E-state index in [1.165, 1.54) is 0 Å². The van der Waals surface area contributed by atoms with Crippen LogP contribution in [0.2, 0.25) is 0 Å². The van der Waals surface area contributed by atoms with Crippen molar-refractivity contribution < 1.29 is 4.79 Å². The molecular formula is C9H17NOS. The minimum absolute atomic E-state index is 0.202. The first kappa shape index (κ1) is 9.90. The molecule has 0 spiro atoms. The summed E-state index contributed by atoms with van der Waals surface area (Å²) in [6, 6.07) is 0. The van der Waals surface area contributed by atoms with Crippen molar-refractivity contribution in [1.82, 2.24) is 4.90 Å². The summed E-state index contributed by atoms with van der Waals surface area (Å²) in [5, 5.41) is 0.250. The fraction of sp³-hybridized carbons (Fsp3) is 0.889. The SMILES string of the molecule is CC(C)(C)CN1CC(S)CC1=O. The molecule has 0 bridgehead atoms. The van der Waals surface area contributed by atoms with Gasteiger partial charge in [-0.05, 0) is 5.41 Å². The lowest BCUT2D eigenvalue weighted by atomic mass is 9.96. The molecule has 1 aliphatic heterocycles. The van der Waals surface area contributed by atoms with Crippen molar-refractivity contribution in [3.63, 3.8) is 0 Å². The molecule has 1 heterocycles. The zero-order chi connectivity index (χ0) is 9.35. The second-order valence-electron chi connectivity index (χ2n) is 4.69. The molecule has 0 aliphatic carbocycles. The van der Waals surface area contributed by atoms with Gasteiger partial charge >= 0.3 is 0 Å². The fourth-order valence-corrected chi connectivity index (χ4v) is 1.83. The van der Waals surface area contributed by atoms with Crippen molar-refractivity contribution in [2.45, 2.75) is 32.4 Å². The van der Waals surface area contributed by atoms with Crippen LogP contribution < -0.4 is 0 Å². The molecule has 70 valence electrons. The second-order valence-corrected chi connectivity index (χ2v) is 5.42. The first-order valence-corrected chi connectivity index (χ1v) is 4.86. The second kappa shape index (κ2) is 3.29. The molecule has 0 aromatic rings. The van der Waals surface area contributed by atoms with Gasteiger partial charge in [0.05, 0.1) is 0 Å². The minimum atomic E-state index is 0.202. The van der Waals surface area contributed by atoms with E-state index in [4.69, 9.17) is 0 Å². The Morgan fingerprint density at radius 1 is 1.58 bits per heavy atom. The Morgan fingerprint density at radius 2 is 2.17 bits per heavy atom. The first-order valence-electron chi connectivity index (χ1n) is 4.34. The van der Waals surface area contributed by atoms with Gasteiger partial charge in [-0.25, -0.2) is 0 Å². The summed E-state index contributed by atoms with van der Waals surface area (Å²) in [4.78, 5) is 13.3. The van der Waals surface area contributed by atoms with Crippen molar-refractivity contribution in [1.29, 1.82) is 0 Å². The van der Waals surface area contributed by atoms with Gasteiger partial charge in [0.15, 0.2) is 0 Å². The van der Waals surface area contributed by atoms with Crippen LogP contribution in [0.5, 0.6) is 0 Å². The van der Waals surface area contributed by atoms with Gasteiger partial charge in [-0.15, -0.1) is 0 Å². The van der Waals surface area contributed by atoms with Gasteiger partial charge in [0, 0.05) is 24.8 Å². The molecule has 1 atom stereocenters. The Kier molecular flexibility index (Phi) is 2.71. The molecule has 0 saturated carbocycles. The highest BCUT2D eigenvalue weighted by Crippen LogP contribution is 2.22. The predicted octanol–water partition coefficient (Wildman–Crippen LogP) is 1.56. The summed E-state index contributed by atoms with van der Waals surface area (Å²) in [5.74, 6) is 0.255. The maximum atomic E-state index is 11.3. The van der Waals surface area contributed by atoms with Crippen LogP contribution in [0.4, 0.5) is 0 Å². The van der Waals surface area contributed by atoms with E-state index < -0.39 is 0 Å². The topological polar surface area (TPSA) is 20.3 Å². The molecule has 1 amide bonds. The number of hydrogen-bond donors (Lipinski definition) is 1. The summed E-state index contributed by atoms with van der Waals surface area (Å²) < 4.78 is 0. The van der Waals surface area contributed by atoms with Crippen LogP contribution in [0.15, 0.2) is 0 Å². The molecule has 0 aromatic carbocycles. The average Bonchev–Trinajstić information content (AvgIpc) is 2.06. The summed E-state index contributed by atoms with van der Waals surface area (Å²) in [5.41, 5.74) is 0.202. The van der Waals surface area contributed by atoms with Gasteiger partial charge in [-0.1, -0.05) is 20.8 Å². The Morgan fingerprint density at radius 3 is 2.50 bits per heavy atom. The van der Waals surface area contributed by atoms with E-state index in [0.29, 0.717) is 6.42 Å². The van der Waals surface area contributed by atoms with E-state index >= 15 is 0 Å². The molecule has 1 fully saturated rings. The van der Waals surface area contributed by atoms with Crippen molar-refractivity contribution in [3.05, 3.63) is 0 Å². The van der Waals surface area contributed by atoms with Crippen LogP contribution in [-0.2, 0) is 4.79 Å². The quantitative estimate of drug-likeness (QED) is 0.618. The largest absolute Gasteiger partial charge is 0.341 e. The van der Waals surface area contributed by atoms with Gasteiger partial charge in [-0.3, -0.25) is 4.79 Å². The van der Waals surface area contributed by atoms with Gasteiger partial charge in [0.1, 0.15) is 0 Å². The van der Waals surface area contributed by atoms with E-state index in [9.17, 15) is 4.79 Å². The number of nitrogens with zero attached hydrogens (tertiary/aromatic N) is 1. The molecule has 0 N–H and O–H groups in total. The first-order chi connectivity index (χ1) is 5.38. The van der Waals surface area contributed by atoms with E-state index in [0.717, 1.165) is 13.1 Å². The van der Waals surface area contributed by atoms with Crippen LogP contribution in [0.25, 0.3) is 0 Å². The lowest BCUT2D eigenvalue weighted by Crippen LogP contribution is -2.33. The fourth-order valence-electron chi connectivity index (χ4n) is 1.48. The molecule has 0 aromatic heterocycles. The number of hydrogen-bond acceptors (Lipinski definition) is 2. The summed E-state index contributed by atoms with van der Waals surface area (Å²) in [7, 11) is 0.